The first kappa shape index (κ1) is 15.7. The quantitative estimate of drug-likeness (QED) is 0.932. The van der Waals surface area contributed by atoms with Crippen molar-refractivity contribution in [3.05, 3.63) is 35.2 Å². The van der Waals surface area contributed by atoms with Crippen LogP contribution in [0.5, 0.6) is 0 Å². The summed E-state index contributed by atoms with van der Waals surface area (Å²) in [5, 5.41) is 6.94. The van der Waals surface area contributed by atoms with Crippen molar-refractivity contribution < 1.29 is 9.32 Å². The molecule has 0 spiro atoms. The van der Waals surface area contributed by atoms with Crippen LogP contribution in [0.15, 0.2) is 16.8 Å². The van der Waals surface area contributed by atoms with Crippen molar-refractivity contribution in [2.24, 2.45) is 0 Å². The normalized spacial score (nSPS) is 18.2. The van der Waals surface area contributed by atoms with E-state index in [-0.39, 0.29) is 18.0 Å². The number of hydrogen-bond acceptors (Lipinski definition) is 5. The van der Waals surface area contributed by atoms with E-state index in [2.05, 4.69) is 31.8 Å². The Hall–Kier alpha value is -2.15. The second-order valence-electron chi connectivity index (χ2n) is 6.38. The molecule has 0 saturated carbocycles. The van der Waals surface area contributed by atoms with Crippen LogP contribution in [-0.2, 0) is 13.1 Å². The van der Waals surface area contributed by atoms with Gasteiger partial charge in [0.05, 0.1) is 11.7 Å². The minimum atomic E-state index is -0.118. The smallest absolute Gasteiger partial charge is 0.271 e. The Morgan fingerprint density at radius 3 is 2.91 bits per heavy atom. The SMILES string of the molecule is Cc1cc(CN2CCn3cc(C(=O)NC(C)C)nc3[C@H]2C)no1. The minimum absolute atomic E-state index is 0.102. The Morgan fingerprint density at radius 1 is 1.48 bits per heavy atom. The number of amides is 1. The van der Waals surface area contributed by atoms with Gasteiger partial charge in [-0.05, 0) is 27.7 Å². The van der Waals surface area contributed by atoms with Gasteiger partial charge in [0.15, 0.2) is 0 Å². The molecule has 0 unspecified atom stereocenters. The van der Waals surface area contributed by atoms with Crippen LogP contribution < -0.4 is 5.32 Å². The highest BCUT2D eigenvalue weighted by Gasteiger charge is 2.28. The predicted octanol–water partition coefficient (Wildman–Crippen LogP) is 1.89. The third-order valence-corrected chi connectivity index (χ3v) is 4.05. The second-order valence-corrected chi connectivity index (χ2v) is 6.38. The van der Waals surface area contributed by atoms with Crippen LogP contribution in [0.25, 0.3) is 0 Å². The Labute approximate surface area is 135 Å². The van der Waals surface area contributed by atoms with Crippen molar-refractivity contribution in [1.29, 1.82) is 0 Å². The monoisotopic (exact) mass is 317 g/mol. The highest BCUT2D eigenvalue weighted by Crippen LogP contribution is 2.26. The first-order valence-corrected chi connectivity index (χ1v) is 7.98. The number of imidazole rings is 1. The van der Waals surface area contributed by atoms with Gasteiger partial charge in [-0.1, -0.05) is 5.16 Å². The number of carbonyl (C=O) groups excluding carboxylic acids is 1. The molecular formula is C16H23N5O2. The fourth-order valence-corrected chi connectivity index (χ4v) is 2.90. The average Bonchev–Trinajstić information content (AvgIpc) is 3.08. The molecule has 1 aliphatic heterocycles. The van der Waals surface area contributed by atoms with Gasteiger partial charge < -0.3 is 14.4 Å². The number of hydrogen-bond donors (Lipinski definition) is 1. The molecular weight excluding hydrogens is 294 g/mol. The maximum Gasteiger partial charge on any atom is 0.271 e. The van der Waals surface area contributed by atoms with Gasteiger partial charge in [0.2, 0.25) is 0 Å². The van der Waals surface area contributed by atoms with E-state index in [1.807, 2.05) is 33.0 Å². The van der Waals surface area contributed by atoms with Crippen molar-refractivity contribution >= 4 is 5.91 Å². The van der Waals surface area contributed by atoms with Gasteiger partial charge >= 0.3 is 0 Å². The summed E-state index contributed by atoms with van der Waals surface area (Å²) >= 11 is 0. The van der Waals surface area contributed by atoms with E-state index in [9.17, 15) is 4.79 Å². The molecule has 1 atom stereocenters. The molecule has 2 aromatic heterocycles. The largest absolute Gasteiger partial charge is 0.361 e. The Bertz CT molecular complexity index is 703. The number of fused-ring (bicyclic) bond motifs is 1. The summed E-state index contributed by atoms with van der Waals surface area (Å²) in [6, 6.07) is 2.18. The van der Waals surface area contributed by atoms with E-state index in [4.69, 9.17) is 4.52 Å². The van der Waals surface area contributed by atoms with Gasteiger partial charge in [0.1, 0.15) is 17.3 Å². The summed E-state index contributed by atoms with van der Waals surface area (Å²) in [6.45, 7) is 10.3. The number of carbonyl (C=O) groups is 1. The lowest BCUT2D eigenvalue weighted by Gasteiger charge is -2.32. The third kappa shape index (κ3) is 3.29. The average molecular weight is 317 g/mol. The van der Waals surface area contributed by atoms with Crippen molar-refractivity contribution in [3.63, 3.8) is 0 Å². The predicted molar refractivity (Wildman–Crippen MR) is 84.9 cm³/mol. The number of aromatic nitrogens is 3. The van der Waals surface area contributed by atoms with Crippen LogP contribution >= 0.6 is 0 Å². The van der Waals surface area contributed by atoms with Crippen LogP contribution in [-0.4, -0.2) is 38.1 Å². The Kier molecular flexibility index (Phi) is 4.21. The summed E-state index contributed by atoms with van der Waals surface area (Å²) in [6.07, 6.45) is 1.85. The van der Waals surface area contributed by atoms with Gasteiger partial charge in [-0.15, -0.1) is 0 Å². The number of nitrogens with one attached hydrogen (secondary N) is 1. The molecule has 0 saturated heterocycles. The number of rotatable bonds is 4. The van der Waals surface area contributed by atoms with Gasteiger partial charge in [0, 0.05) is 37.9 Å². The van der Waals surface area contributed by atoms with Crippen LogP contribution in [0, 0.1) is 6.92 Å². The summed E-state index contributed by atoms with van der Waals surface area (Å²) < 4.78 is 7.21. The first-order chi connectivity index (χ1) is 10.9. The first-order valence-electron chi connectivity index (χ1n) is 7.98. The van der Waals surface area contributed by atoms with Gasteiger partial charge in [0.25, 0.3) is 5.91 Å². The summed E-state index contributed by atoms with van der Waals surface area (Å²) in [5.74, 6) is 1.62. The molecule has 7 heteroatoms. The molecule has 0 bridgehead atoms. The maximum absolute atomic E-state index is 12.1. The zero-order valence-corrected chi connectivity index (χ0v) is 14.0. The highest BCUT2D eigenvalue weighted by atomic mass is 16.5. The lowest BCUT2D eigenvalue weighted by Crippen LogP contribution is -2.36. The second kappa shape index (κ2) is 6.16. The summed E-state index contributed by atoms with van der Waals surface area (Å²) in [7, 11) is 0. The van der Waals surface area contributed by atoms with E-state index < -0.39 is 0 Å². The summed E-state index contributed by atoms with van der Waals surface area (Å²) in [4.78, 5) is 19.0. The van der Waals surface area contributed by atoms with Crippen molar-refractivity contribution in [2.45, 2.75) is 52.9 Å². The number of aryl methyl sites for hydroxylation is 1. The highest BCUT2D eigenvalue weighted by molar-refractivity contribution is 5.92. The lowest BCUT2D eigenvalue weighted by molar-refractivity contribution is 0.0938. The van der Waals surface area contributed by atoms with Gasteiger partial charge in [-0.25, -0.2) is 4.98 Å². The van der Waals surface area contributed by atoms with Gasteiger partial charge in [-0.2, -0.15) is 0 Å². The Morgan fingerprint density at radius 2 is 2.26 bits per heavy atom. The van der Waals surface area contributed by atoms with Gasteiger partial charge in [-0.3, -0.25) is 9.69 Å². The molecule has 0 aliphatic carbocycles. The van der Waals surface area contributed by atoms with E-state index in [1.54, 1.807) is 0 Å². The van der Waals surface area contributed by atoms with Crippen LogP contribution in [0.3, 0.4) is 0 Å². The summed E-state index contributed by atoms with van der Waals surface area (Å²) in [5.41, 5.74) is 1.41. The maximum atomic E-state index is 12.1. The molecule has 3 rings (SSSR count). The molecule has 124 valence electrons. The molecule has 1 N–H and O–H groups in total. The zero-order valence-electron chi connectivity index (χ0n) is 14.0. The van der Waals surface area contributed by atoms with E-state index in [0.29, 0.717) is 5.69 Å². The molecule has 0 aromatic carbocycles. The molecule has 1 amide bonds. The zero-order chi connectivity index (χ0) is 16.6. The van der Waals surface area contributed by atoms with Crippen molar-refractivity contribution in [2.75, 3.05) is 6.54 Å². The molecule has 7 nitrogen and oxygen atoms in total. The molecule has 2 aromatic rings. The van der Waals surface area contributed by atoms with E-state index >= 15 is 0 Å². The topological polar surface area (TPSA) is 76.2 Å². The minimum Gasteiger partial charge on any atom is -0.361 e. The molecule has 23 heavy (non-hydrogen) atoms. The molecule has 0 fully saturated rings. The van der Waals surface area contributed by atoms with Crippen LogP contribution in [0.4, 0.5) is 0 Å². The fourth-order valence-electron chi connectivity index (χ4n) is 2.90. The lowest BCUT2D eigenvalue weighted by atomic mass is 10.2. The standard InChI is InChI=1S/C16H23N5O2/c1-10(2)17-16(22)14-9-21-6-5-20(12(4)15(21)18-14)8-13-7-11(3)23-19-13/h7,9-10,12H,5-6,8H2,1-4H3,(H,17,22)/t12-/m1/s1. The Balaban J connectivity index is 1.75. The molecule has 3 heterocycles. The fraction of sp³-hybridized carbons (Fsp3) is 0.562. The molecule has 0 radical (unpaired) electrons. The number of nitrogens with zero attached hydrogens (tertiary/aromatic N) is 4. The van der Waals surface area contributed by atoms with E-state index in [0.717, 1.165) is 36.9 Å². The third-order valence-electron chi connectivity index (χ3n) is 4.05. The van der Waals surface area contributed by atoms with Crippen LogP contribution in [0.2, 0.25) is 0 Å². The van der Waals surface area contributed by atoms with Crippen LogP contribution in [0.1, 0.15) is 54.6 Å². The molecule has 1 aliphatic rings. The van der Waals surface area contributed by atoms with Crippen molar-refractivity contribution in [1.82, 2.24) is 24.9 Å². The van der Waals surface area contributed by atoms with E-state index in [1.165, 1.54) is 0 Å². The van der Waals surface area contributed by atoms with Crippen molar-refractivity contribution in [3.8, 4) is 0 Å².